The monoisotopic (exact) mass is 511 g/mol. The molecule has 7 nitrogen and oxygen atoms in total. The molecule has 0 aromatic heterocycles. The van der Waals surface area contributed by atoms with E-state index in [1.165, 1.54) is 6.07 Å². The molecule has 37 heavy (non-hydrogen) atoms. The van der Waals surface area contributed by atoms with Gasteiger partial charge >= 0.3 is 5.97 Å². The van der Waals surface area contributed by atoms with Crippen LogP contribution in [0.25, 0.3) is 0 Å². The second kappa shape index (κ2) is 11.4. The van der Waals surface area contributed by atoms with Crippen molar-refractivity contribution in [2.24, 2.45) is 22.9 Å². The van der Waals surface area contributed by atoms with E-state index >= 15 is 0 Å². The maximum Gasteiger partial charge on any atom is 0.305 e. The van der Waals surface area contributed by atoms with E-state index < -0.39 is 5.97 Å². The number of methoxy groups -OCH3 is 1. The van der Waals surface area contributed by atoms with Crippen LogP contribution >= 0.6 is 0 Å². The third-order valence-electron chi connectivity index (χ3n) is 7.52. The fourth-order valence-corrected chi connectivity index (χ4v) is 5.45. The average Bonchev–Trinajstić information content (AvgIpc) is 3.13. The molecule has 0 aliphatic carbocycles. The molecule has 0 bridgehead atoms. The average molecular weight is 512 g/mol. The number of carboxylic acid groups (broad SMARTS) is 1. The lowest BCUT2D eigenvalue weighted by Crippen LogP contribution is -2.46. The molecule has 2 aromatic carbocycles. The van der Waals surface area contributed by atoms with E-state index in [0.717, 1.165) is 30.0 Å². The number of benzene rings is 2. The van der Waals surface area contributed by atoms with Crippen molar-refractivity contribution in [3.8, 4) is 11.5 Å². The Hall–Kier alpha value is -3.29. The molecular weight excluding hydrogens is 473 g/mol. The van der Waals surface area contributed by atoms with Gasteiger partial charge in [-0.1, -0.05) is 20.8 Å². The molecule has 1 saturated heterocycles. The van der Waals surface area contributed by atoms with Crippen LogP contribution in [0.1, 0.15) is 47.0 Å². The van der Waals surface area contributed by atoms with E-state index in [4.69, 9.17) is 9.47 Å². The summed E-state index contributed by atoms with van der Waals surface area (Å²) in [7, 11) is 1.59. The van der Waals surface area contributed by atoms with Gasteiger partial charge in [0.1, 0.15) is 23.4 Å². The summed E-state index contributed by atoms with van der Waals surface area (Å²) in [6.07, 6.45) is 1.80. The Kier molecular flexibility index (Phi) is 8.25. The van der Waals surface area contributed by atoms with E-state index in [-0.39, 0.29) is 36.2 Å². The van der Waals surface area contributed by atoms with Gasteiger partial charge in [-0.2, -0.15) is 5.10 Å². The summed E-state index contributed by atoms with van der Waals surface area (Å²) < 4.78 is 26.5. The number of halogens is 1. The molecule has 2 heterocycles. The topological polar surface area (TPSA) is 74.6 Å². The quantitative estimate of drug-likeness (QED) is 0.457. The van der Waals surface area contributed by atoms with Gasteiger partial charge < -0.3 is 19.5 Å². The molecule has 4 unspecified atom stereocenters. The van der Waals surface area contributed by atoms with E-state index in [0.29, 0.717) is 30.4 Å². The van der Waals surface area contributed by atoms with Gasteiger partial charge in [0.25, 0.3) is 0 Å². The number of carbonyl (C=O) groups is 1. The van der Waals surface area contributed by atoms with Crippen molar-refractivity contribution in [1.82, 2.24) is 0 Å². The largest absolute Gasteiger partial charge is 0.497 e. The highest BCUT2D eigenvalue weighted by Crippen LogP contribution is 2.35. The Labute approximate surface area is 218 Å². The first-order valence-electron chi connectivity index (χ1n) is 13.1. The molecule has 2 aliphatic rings. The van der Waals surface area contributed by atoms with Crippen molar-refractivity contribution in [2.45, 2.75) is 59.1 Å². The number of nitrogens with zero attached hydrogens (tertiary/aromatic N) is 3. The van der Waals surface area contributed by atoms with Crippen LogP contribution in [0.15, 0.2) is 47.6 Å². The molecule has 1 fully saturated rings. The maximum atomic E-state index is 14.7. The Morgan fingerprint density at radius 2 is 1.89 bits per heavy atom. The fourth-order valence-electron chi connectivity index (χ4n) is 5.45. The number of rotatable bonds is 9. The van der Waals surface area contributed by atoms with Gasteiger partial charge in [-0.25, -0.2) is 4.39 Å². The molecule has 2 aliphatic heterocycles. The maximum absolute atomic E-state index is 14.7. The van der Waals surface area contributed by atoms with E-state index in [1.807, 2.05) is 43.1 Å². The zero-order valence-electron chi connectivity index (χ0n) is 22.4. The van der Waals surface area contributed by atoms with Crippen LogP contribution in [-0.2, 0) is 4.79 Å². The number of piperidine rings is 1. The Balaban J connectivity index is 1.47. The van der Waals surface area contributed by atoms with Crippen molar-refractivity contribution in [2.75, 3.05) is 30.1 Å². The lowest BCUT2D eigenvalue weighted by Gasteiger charge is -2.40. The zero-order valence-corrected chi connectivity index (χ0v) is 22.4. The summed E-state index contributed by atoms with van der Waals surface area (Å²) in [4.78, 5) is 13.5. The molecule has 0 spiro atoms. The van der Waals surface area contributed by atoms with Crippen molar-refractivity contribution in [1.29, 1.82) is 0 Å². The normalized spacial score (nSPS) is 23.8. The molecular formula is C29H38FN3O4. The molecule has 4 rings (SSSR count). The van der Waals surface area contributed by atoms with Gasteiger partial charge in [-0.05, 0) is 55.7 Å². The van der Waals surface area contributed by atoms with Gasteiger partial charge in [-0.15, -0.1) is 0 Å². The minimum atomic E-state index is -0.830. The molecule has 0 amide bonds. The van der Waals surface area contributed by atoms with Crippen LogP contribution in [0, 0.1) is 23.6 Å². The molecule has 0 saturated carbocycles. The highest BCUT2D eigenvalue weighted by atomic mass is 19.1. The standard InChI is InChI=1S/C29H38FN3O4/c1-18(2)14-21-17-32(27-15-24(36-5)10-11-25(27)30)13-12-28(21)37-23-8-6-22(7-9-23)33-26(16-29(34)35)19(3)20(4)31-33/h6-11,15,18-19,21,26,28H,12-14,16-17H2,1-5H3,(H,34,35). The zero-order chi connectivity index (χ0) is 26.7. The SMILES string of the molecule is COc1ccc(F)c(N2CCC(Oc3ccc(N4N=C(C)C(C)C4CC(=O)O)cc3)C(CC(C)C)C2)c1. The molecule has 4 atom stereocenters. The minimum Gasteiger partial charge on any atom is -0.497 e. The van der Waals surface area contributed by atoms with E-state index in [1.54, 1.807) is 19.2 Å². The van der Waals surface area contributed by atoms with Gasteiger partial charge in [0.05, 0.1) is 30.9 Å². The van der Waals surface area contributed by atoms with Crippen LogP contribution in [-0.4, -0.2) is 49.1 Å². The van der Waals surface area contributed by atoms with Gasteiger partial charge in [0.15, 0.2) is 0 Å². The molecule has 2 aromatic rings. The number of aliphatic carboxylic acids is 1. The number of anilines is 2. The first-order valence-corrected chi connectivity index (χ1v) is 13.1. The number of hydrogen-bond acceptors (Lipinski definition) is 6. The first kappa shape index (κ1) is 26.8. The van der Waals surface area contributed by atoms with E-state index in [2.05, 4.69) is 23.8 Å². The number of hydrazone groups is 1. The lowest BCUT2D eigenvalue weighted by atomic mass is 9.86. The molecule has 0 radical (unpaired) electrons. The highest BCUT2D eigenvalue weighted by Gasteiger charge is 2.35. The summed E-state index contributed by atoms with van der Waals surface area (Å²) >= 11 is 0. The number of carboxylic acids is 1. The third-order valence-corrected chi connectivity index (χ3v) is 7.52. The lowest BCUT2D eigenvalue weighted by molar-refractivity contribution is -0.137. The van der Waals surface area contributed by atoms with Gasteiger partial charge in [0.2, 0.25) is 0 Å². The first-order chi connectivity index (χ1) is 17.7. The van der Waals surface area contributed by atoms with Crippen molar-refractivity contribution in [3.05, 3.63) is 48.3 Å². The van der Waals surface area contributed by atoms with Crippen molar-refractivity contribution >= 4 is 23.1 Å². The third kappa shape index (κ3) is 6.17. The Morgan fingerprint density at radius 3 is 2.54 bits per heavy atom. The smallest absolute Gasteiger partial charge is 0.305 e. The van der Waals surface area contributed by atoms with Crippen molar-refractivity contribution in [3.63, 3.8) is 0 Å². The Morgan fingerprint density at radius 1 is 1.19 bits per heavy atom. The molecule has 200 valence electrons. The summed E-state index contributed by atoms with van der Waals surface area (Å²) in [5.74, 6) is 1.14. The van der Waals surface area contributed by atoms with Crippen LogP contribution < -0.4 is 19.4 Å². The van der Waals surface area contributed by atoms with Gasteiger partial charge in [-0.3, -0.25) is 9.80 Å². The Bertz CT molecular complexity index is 1120. The molecule has 8 heteroatoms. The molecule has 1 N–H and O–H groups in total. The number of ether oxygens (including phenoxy) is 2. The number of hydrogen-bond donors (Lipinski definition) is 1. The summed E-state index contributed by atoms with van der Waals surface area (Å²) in [5, 5.41) is 15.8. The summed E-state index contributed by atoms with van der Waals surface area (Å²) in [6, 6.07) is 12.4. The second-order valence-electron chi connectivity index (χ2n) is 10.6. The van der Waals surface area contributed by atoms with Gasteiger partial charge in [0, 0.05) is 43.1 Å². The highest BCUT2D eigenvalue weighted by molar-refractivity contribution is 5.89. The summed E-state index contributed by atoms with van der Waals surface area (Å²) in [6.45, 7) is 9.76. The second-order valence-corrected chi connectivity index (χ2v) is 10.6. The van der Waals surface area contributed by atoms with E-state index in [9.17, 15) is 14.3 Å². The summed E-state index contributed by atoms with van der Waals surface area (Å²) in [5.41, 5.74) is 2.36. The van der Waals surface area contributed by atoms with Crippen LogP contribution in [0.5, 0.6) is 11.5 Å². The van der Waals surface area contributed by atoms with Crippen LogP contribution in [0.2, 0.25) is 0 Å². The van der Waals surface area contributed by atoms with Crippen LogP contribution in [0.4, 0.5) is 15.8 Å². The van der Waals surface area contributed by atoms with Crippen LogP contribution in [0.3, 0.4) is 0 Å². The fraction of sp³-hybridized carbons (Fsp3) is 0.517. The minimum absolute atomic E-state index is 0.0185. The van der Waals surface area contributed by atoms with Crippen molar-refractivity contribution < 1.29 is 23.8 Å². The predicted octanol–water partition coefficient (Wildman–Crippen LogP) is 5.83. The predicted molar refractivity (Wildman–Crippen MR) is 144 cm³/mol.